The Morgan fingerprint density at radius 2 is 1.81 bits per heavy atom. The van der Waals surface area contributed by atoms with E-state index in [2.05, 4.69) is 10.3 Å². The Balaban J connectivity index is 5.42. The van der Waals surface area contributed by atoms with Gasteiger partial charge in [-0.2, -0.15) is 0 Å². The largest absolute Gasteiger partial charge is 0.480 e. The van der Waals surface area contributed by atoms with Gasteiger partial charge in [0, 0.05) is 6.54 Å². The van der Waals surface area contributed by atoms with E-state index in [1.807, 2.05) is 0 Å². The number of guanidine groups is 1. The van der Waals surface area contributed by atoms with Gasteiger partial charge in [-0.1, -0.05) is 0 Å². The lowest BCUT2D eigenvalue weighted by Crippen LogP contribution is -2.66. The number of hydrogen-bond donors (Lipinski definition) is 7. The number of ketones is 2. The number of nitrogens with one attached hydrogen (secondary N) is 1. The van der Waals surface area contributed by atoms with Crippen LogP contribution in [0.4, 0.5) is 0 Å². The van der Waals surface area contributed by atoms with Gasteiger partial charge in [0.05, 0.1) is 18.5 Å². The van der Waals surface area contributed by atoms with Crippen molar-refractivity contribution in [1.29, 1.82) is 0 Å². The average molecular weight is 373 g/mol. The van der Waals surface area contributed by atoms with Crippen molar-refractivity contribution in [3.05, 3.63) is 0 Å². The number of carboxylic acid groups (broad SMARTS) is 1. The number of carbonyl (C=O) groups excluding carboxylic acids is 2. The Hall–Kier alpha value is -2.08. The third-order valence-electron chi connectivity index (χ3n) is 4.05. The van der Waals surface area contributed by atoms with Crippen LogP contribution in [0.1, 0.15) is 25.7 Å². The molecule has 11 heteroatoms. The molecule has 0 heterocycles. The monoisotopic (exact) mass is 373 g/mol. The number of aliphatic imine (C=N–C) groups is 1. The summed E-state index contributed by atoms with van der Waals surface area (Å²) < 4.78 is 0. The third-order valence-corrected chi connectivity index (χ3v) is 4.05. The van der Waals surface area contributed by atoms with Gasteiger partial charge < -0.3 is 39.1 Å². The lowest BCUT2D eigenvalue weighted by Gasteiger charge is -2.33. The summed E-state index contributed by atoms with van der Waals surface area (Å²) in [6.45, 7) is 0.357. The van der Waals surface area contributed by atoms with Crippen LogP contribution < -0.4 is 34.0 Å². The first-order valence-electron chi connectivity index (χ1n) is 8.37. The van der Waals surface area contributed by atoms with Crippen LogP contribution in [0.5, 0.6) is 0 Å². The lowest BCUT2D eigenvalue weighted by atomic mass is 9.73. The average Bonchev–Trinajstić information content (AvgIpc) is 2.57. The Morgan fingerprint density at radius 3 is 2.27 bits per heavy atom. The topological polar surface area (TPSA) is 226 Å². The predicted octanol–water partition coefficient (Wildman–Crippen LogP) is -3.14. The molecule has 0 saturated carbocycles. The minimum absolute atomic E-state index is 0.0757. The van der Waals surface area contributed by atoms with Crippen molar-refractivity contribution < 1.29 is 19.5 Å². The van der Waals surface area contributed by atoms with E-state index < -0.39 is 35.0 Å². The van der Waals surface area contributed by atoms with E-state index in [0.29, 0.717) is 12.8 Å². The highest BCUT2D eigenvalue weighted by atomic mass is 16.4. The summed E-state index contributed by atoms with van der Waals surface area (Å²) in [7, 11) is 1.54. The fraction of sp³-hybridized carbons (Fsp3) is 0.733. The van der Waals surface area contributed by atoms with E-state index in [9.17, 15) is 19.5 Å². The fourth-order valence-corrected chi connectivity index (χ4v) is 2.65. The van der Waals surface area contributed by atoms with Gasteiger partial charge >= 0.3 is 5.97 Å². The van der Waals surface area contributed by atoms with Crippen LogP contribution in [0.2, 0.25) is 0 Å². The van der Waals surface area contributed by atoms with Gasteiger partial charge in [-0.3, -0.25) is 14.6 Å². The standard InChI is InChI=1S/C15H31N7O4/c1-21-8-11(23)9(4-2-6-16)15(20,13(25)26)12(24)10(17)5-3-7-22-14(18)19/h9-10,21H,2-8,16-17,20H2,1H3,(H,25,26)(H4,18,19,22). The zero-order valence-electron chi connectivity index (χ0n) is 15.1. The van der Waals surface area contributed by atoms with Gasteiger partial charge in [0.25, 0.3) is 0 Å². The van der Waals surface area contributed by atoms with Crippen LogP contribution in [-0.4, -0.2) is 66.9 Å². The van der Waals surface area contributed by atoms with E-state index in [0.717, 1.165) is 0 Å². The molecule has 0 aliphatic heterocycles. The van der Waals surface area contributed by atoms with Crippen LogP contribution in [-0.2, 0) is 14.4 Å². The number of Topliss-reactive ketones (excluding diaryl/α,β-unsaturated/α-hetero) is 2. The number of carbonyl (C=O) groups is 3. The molecular formula is C15H31N7O4. The molecule has 12 N–H and O–H groups in total. The smallest absolute Gasteiger partial charge is 0.332 e. The summed E-state index contributed by atoms with van der Waals surface area (Å²) in [6.07, 6.45) is 0.912. The molecule has 0 fully saturated rings. The fourth-order valence-electron chi connectivity index (χ4n) is 2.65. The Bertz CT molecular complexity index is 522. The minimum Gasteiger partial charge on any atom is -0.480 e. The molecule has 0 aliphatic rings. The normalized spacial score (nSPS) is 15.5. The Labute approximate surface area is 152 Å². The highest BCUT2D eigenvalue weighted by Crippen LogP contribution is 2.25. The zero-order chi connectivity index (χ0) is 20.3. The van der Waals surface area contributed by atoms with Crippen molar-refractivity contribution >= 4 is 23.5 Å². The summed E-state index contributed by atoms with van der Waals surface area (Å²) in [5, 5.41) is 12.3. The first kappa shape index (κ1) is 23.9. The maximum atomic E-state index is 12.7. The molecule has 0 aromatic rings. The summed E-state index contributed by atoms with van der Waals surface area (Å²) in [5.41, 5.74) is 25.3. The van der Waals surface area contributed by atoms with Crippen LogP contribution >= 0.6 is 0 Å². The lowest BCUT2D eigenvalue weighted by molar-refractivity contribution is -0.154. The number of rotatable bonds is 14. The molecule has 0 saturated heterocycles. The number of nitrogens with zero attached hydrogens (tertiary/aromatic N) is 1. The molecule has 0 aliphatic carbocycles. The number of aliphatic carboxylic acids is 1. The molecule has 0 bridgehead atoms. The number of nitrogens with two attached hydrogens (primary N) is 5. The summed E-state index contributed by atoms with van der Waals surface area (Å²) in [4.78, 5) is 40.7. The van der Waals surface area contributed by atoms with Gasteiger partial charge in [0.15, 0.2) is 23.1 Å². The van der Waals surface area contributed by atoms with Crippen molar-refractivity contribution in [3.8, 4) is 0 Å². The van der Waals surface area contributed by atoms with Gasteiger partial charge in [-0.25, -0.2) is 4.79 Å². The second kappa shape index (κ2) is 11.5. The van der Waals surface area contributed by atoms with Gasteiger partial charge in [-0.15, -0.1) is 0 Å². The quantitative estimate of drug-likeness (QED) is 0.0700. The van der Waals surface area contributed by atoms with Crippen molar-refractivity contribution in [2.75, 3.05) is 26.7 Å². The van der Waals surface area contributed by atoms with Gasteiger partial charge in [0.1, 0.15) is 0 Å². The highest BCUT2D eigenvalue weighted by Gasteiger charge is 2.52. The summed E-state index contributed by atoms with van der Waals surface area (Å²) >= 11 is 0. The molecule has 26 heavy (non-hydrogen) atoms. The third kappa shape index (κ3) is 6.67. The Morgan fingerprint density at radius 1 is 1.19 bits per heavy atom. The van der Waals surface area contributed by atoms with Crippen LogP contribution in [0.25, 0.3) is 0 Å². The number of hydrogen-bond acceptors (Lipinski definition) is 8. The molecule has 0 amide bonds. The molecule has 3 unspecified atom stereocenters. The molecular weight excluding hydrogens is 342 g/mol. The van der Waals surface area contributed by atoms with Crippen molar-refractivity contribution in [2.24, 2.45) is 39.6 Å². The summed E-state index contributed by atoms with van der Waals surface area (Å²) in [6, 6.07) is -1.16. The Kier molecular flexibility index (Phi) is 10.6. The first-order valence-corrected chi connectivity index (χ1v) is 8.37. The SMILES string of the molecule is CNCC(=O)C(CCCN)C(N)(C(=O)O)C(=O)C(N)CCCN=C(N)N. The maximum absolute atomic E-state index is 12.7. The van der Waals surface area contributed by atoms with Crippen LogP contribution in [0, 0.1) is 5.92 Å². The molecule has 0 radical (unpaired) electrons. The van der Waals surface area contributed by atoms with E-state index in [1.54, 1.807) is 0 Å². The molecule has 3 atom stereocenters. The number of likely N-dealkylation sites (N-methyl/N-ethyl adjacent to an activating group) is 1. The first-order chi connectivity index (χ1) is 12.1. The van der Waals surface area contributed by atoms with Crippen LogP contribution in [0.3, 0.4) is 0 Å². The highest BCUT2D eigenvalue weighted by molar-refractivity contribution is 6.13. The second-order valence-electron chi connectivity index (χ2n) is 6.07. The van der Waals surface area contributed by atoms with E-state index >= 15 is 0 Å². The van der Waals surface area contributed by atoms with E-state index in [-0.39, 0.29) is 38.4 Å². The molecule has 11 nitrogen and oxygen atoms in total. The van der Waals surface area contributed by atoms with Crippen molar-refractivity contribution in [3.63, 3.8) is 0 Å². The van der Waals surface area contributed by atoms with E-state index in [1.165, 1.54) is 7.05 Å². The molecule has 0 aromatic heterocycles. The summed E-state index contributed by atoms with van der Waals surface area (Å²) in [5.74, 6) is -4.29. The van der Waals surface area contributed by atoms with Gasteiger partial charge in [0.2, 0.25) is 0 Å². The molecule has 0 aromatic carbocycles. The van der Waals surface area contributed by atoms with Crippen LogP contribution in [0.15, 0.2) is 4.99 Å². The van der Waals surface area contributed by atoms with E-state index in [4.69, 9.17) is 28.7 Å². The van der Waals surface area contributed by atoms with Crippen molar-refractivity contribution in [2.45, 2.75) is 37.3 Å². The predicted molar refractivity (Wildman–Crippen MR) is 98.2 cm³/mol. The molecule has 0 spiro atoms. The van der Waals surface area contributed by atoms with Gasteiger partial charge in [-0.05, 0) is 39.3 Å². The zero-order valence-corrected chi connectivity index (χ0v) is 15.1. The minimum atomic E-state index is -2.42. The maximum Gasteiger partial charge on any atom is 0.332 e. The molecule has 0 rings (SSSR count). The van der Waals surface area contributed by atoms with Crippen molar-refractivity contribution in [1.82, 2.24) is 5.32 Å². The second-order valence-corrected chi connectivity index (χ2v) is 6.07. The molecule has 150 valence electrons. The number of carboxylic acids is 1.